The Bertz CT molecular complexity index is 866. The predicted octanol–water partition coefficient (Wildman–Crippen LogP) is 4.10. The molecule has 0 spiro atoms. The first-order chi connectivity index (χ1) is 11.6. The van der Waals surface area contributed by atoms with Crippen molar-refractivity contribution in [1.82, 2.24) is 9.97 Å². The van der Waals surface area contributed by atoms with Gasteiger partial charge in [0.2, 0.25) is 0 Å². The van der Waals surface area contributed by atoms with Crippen LogP contribution in [0.25, 0.3) is 11.1 Å². The van der Waals surface area contributed by atoms with Crippen molar-refractivity contribution in [2.24, 2.45) is 0 Å². The van der Waals surface area contributed by atoms with Crippen molar-refractivity contribution >= 4 is 34.4 Å². The van der Waals surface area contributed by atoms with Crippen molar-refractivity contribution in [2.75, 3.05) is 17.2 Å². The standard InChI is InChI=1S/C19H20N4S/c1-3-4-13(15-8-5-12(2)9-16(15)20)6-7-14-10-24-18-17(14)22-11-23-19(18)21/h3-9,11H,10,20H2,1-2H3,(H2,21,22,23)/b4-3+,13-6+,14-7+. The summed E-state index contributed by atoms with van der Waals surface area (Å²) in [6, 6.07) is 6.13. The average Bonchev–Trinajstić information content (AvgIpc) is 2.96. The van der Waals surface area contributed by atoms with Crippen molar-refractivity contribution in [3.8, 4) is 0 Å². The van der Waals surface area contributed by atoms with Crippen LogP contribution in [0.4, 0.5) is 11.5 Å². The molecule has 1 aliphatic heterocycles. The summed E-state index contributed by atoms with van der Waals surface area (Å²) in [5, 5.41) is 0. The zero-order valence-electron chi connectivity index (χ0n) is 13.8. The molecule has 2 aromatic rings. The van der Waals surface area contributed by atoms with Crippen LogP contribution in [0.3, 0.4) is 0 Å². The summed E-state index contributed by atoms with van der Waals surface area (Å²) in [6.45, 7) is 4.04. The van der Waals surface area contributed by atoms with E-state index < -0.39 is 0 Å². The molecule has 0 bridgehead atoms. The molecule has 0 saturated carbocycles. The maximum absolute atomic E-state index is 6.20. The van der Waals surface area contributed by atoms with Gasteiger partial charge in [-0.25, -0.2) is 9.97 Å². The van der Waals surface area contributed by atoms with Crippen LogP contribution in [0, 0.1) is 6.92 Å². The van der Waals surface area contributed by atoms with Gasteiger partial charge in [0.15, 0.2) is 0 Å². The largest absolute Gasteiger partial charge is 0.398 e. The van der Waals surface area contributed by atoms with Crippen molar-refractivity contribution in [2.45, 2.75) is 18.7 Å². The van der Waals surface area contributed by atoms with E-state index in [1.807, 2.05) is 26.0 Å². The fourth-order valence-electron chi connectivity index (χ4n) is 2.65. The van der Waals surface area contributed by atoms with Crippen LogP contribution < -0.4 is 11.5 Å². The van der Waals surface area contributed by atoms with Crippen LogP contribution in [0.1, 0.15) is 23.7 Å². The normalized spacial score (nSPS) is 16.1. The fourth-order valence-corrected chi connectivity index (χ4v) is 3.71. The lowest BCUT2D eigenvalue weighted by molar-refractivity contribution is 1.09. The number of thioether (sulfide) groups is 1. The second-order valence-electron chi connectivity index (χ2n) is 5.63. The molecule has 0 fully saturated rings. The number of nitrogens with zero attached hydrogens (tertiary/aromatic N) is 2. The molecule has 0 radical (unpaired) electrons. The summed E-state index contributed by atoms with van der Waals surface area (Å²) in [5.74, 6) is 1.40. The molecule has 0 atom stereocenters. The number of aryl methyl sites for hydroxylation is 1. The minimum absolute atomic E-state index is 0.550. The summed E-state index contributed by atoms with van der Waals surface area (Å²) in [4.78, 5) is 9.40. The number of nitrogen functional groups attached to an aromatic ring is 2. The van der Waals surface area contributed by atoms with Gasteiger partial charge in [-0.1, -0.05) is 36.4 Å². The number of fused-ring (bicyclic) bond motifs is 1. The maximum atomic E-state index is 6.20. The third kappa shape index (κ3) is 3.21. The van der Waals surface area contributed by atoms with Gasteiger partial charge in [-0.15, -0.1) is 11.8 Å². The Balaban J connectivity index is 2.01. The molecular weight excluding hydrogens is 316 g/mol. The van der Waals surface area contributed by atoms with Crippen molar-refractivity contribution in [3.63, 3.8) is 0 Å². The van der Waals surface area contributed by atoms with Crippen molar-refractivity contribution < 1.29 is 0 Å². The number of allylic oxidation sites excluding steroid dienone is 5. The van der Waals surface area contributed by atoms with Gasteiger partial charge in [0.05, 0.1) is 10.6 Å². The summed E-state index contributed by atoms with van der Waals surface area (Å²) < 4.78 is 0. The molecule has 0 saturated heterocycles. The molecule has 1 aromatic heterocycles. The minimum Gasteiger partial charge on any atom is -0.398 e. The van der Waals surface area contributed by atoms with Gasteiger partial charge in [0.1, 0.15) is 12.1 Å². The average molecular weight is 336 g/mol. The number of hydrogen-bond donors (Lipinski definition) is 2. The highest BCUT2D eigenvalue weighted by Gasteiger charge is 2.20. The molecule has 4 nitrogen and oxygen atoms in total. The Morgan fingerprint density at radius 1 is 1.25 bits per heavy atom. The molecular formula is C19H20N4S. The Kier molecular flexibility index (Phi) is 4.71. The zero-order chi connectivity index (χ0) is 17.1. The highest BCUT2D eigenvalue weighted by molar-refractivity contribution is 8.00. The minimum atomic E-state index is 0.550. The van der Waals surface area contributed by atoms with Gasteiger partial charge >= 0.3 is 0 Å². The van der Waals surface area contributed by atoms with E-state index in [9.17, 15) is 0 Å². The van der Waals surface area contributed by atoms with E-state index >= 15 is 0 Å². The van der Waals surface area contributed by atoms with Gasteiger partial charge in [-0.05, 0) is 36.6 Å². The van der Waals surface area contributed by atoms with Gasteiger partial charge < -0.3 is 11.5 Å². The summed E-state index contributed by atoms with van der Waals surface area (Å²) in [7, 11) is 0. The van der Waals surface area contributed by atoms with Gasteiger partial charge in [0, 0.05) is 17.0 Å². The molecule has 24 heavy (non-hydrogen) atoms. The zero-order valence-corrected chi connectivity index (χ0v) is 14.6. The predicted molar refractivity (Wildman–Crippen MR) is 104 cm³/mol. The molecule has 122 valence electrons. The lowest BCUT2D eigenvalue weighted by Gasteiger charge is -2.07. The first kappa shape index (κ1) is 16.3. The summed E-state index contributed by atoms with van der Waals surface area (Å²) in [6.07, 6.45) is 9.78. The Morgan fingerprint density at radius 2 is 2.08 bits per heavy atom. The van der Waals surface area contributed by atoms with E-state index in [2.05, 4.69) is 40.3 Å². The number of aromatic nitrogens is 2. The molecule has 2 heterocycles. The SMILES string of the molecule is C/C=C/C(=C\C=C1/CSc2c(N)ncnc21)c1ccc(C)cc1N. The first-order valence-corrected chi connectivity index (χ1v) is 8.72. The number of nitrogens with two attached hydrogens (primary N) is 2. The van der Waals surface area contributed by atoms with E-state index in [0.29, 0.717) is 5.82 Å². The smallest absolute Gasteiger partial charge is 0.141 e. The number of anilines is 2. The van der Waals surface area contributed by atoms with E-state index in [4.69, 9.17) is 11.5 Å². The molecule has 1 aromatic carbocycles. The highest BCUT2D eigenvalue weighted by atomic mass is 32.2. The molecule has 5 heteroatoms. The highest BCUT2D eigenvalue weighted by Crippen LogP contribution is 2.40. The monoisotopic (exact) mass is 336 g/mol. The molecule has 0 unspecified atom stereocenters. The maximum Gasteiger partial charge on any atom is 0.141 e. The van der Waals surface area contributed by atoms with Gasteiger partial charge in [-0.3, -0.25) is 0 Å². The fraction of sp³-hybridized carbons (Fsp3) is 0.158. The van der Waals surface area contributed by atoms with Gasteiger partial charge in [-0.2, -0.15) is 0 Å². The lowest BCUT2D eigenvalue weighted by Crippen LogP contribution is -1.96. The van der Waals surface area contributed by atoms with Crippen LogP contribution >= 0.6 is 11.8 Å². The summed E-state index contributed by atoms with van der Waals surface area (Å²) in [5.41, 5.74) is 18.2. The Morgan fingerprint density at radius 3 is 2.83 bits per heavy atom. The van der Waals surface area contributed by atoms with E-state index in [1.54, 1.807) is 11.8 Å². The molecule has 4 N–H and O–H groups in total. The van der Waals surface area contributed by atoms with E-state index in [0.717, 1.165) is 44.3 Å². The van der Waals surface area contributed by atoms with Crippen LogP contribution in [-0.2, 0) is 0 Å². The Labute approximate surface area is 146 Å². The van der Waals surface area contributed by atoms with Crippen LogP contribution in [0.2, 0.25) is 0 Å². The van der Waals surface area contributed by atoms with E-state index in [-0.39, 0.29) is 0 Å². The van der Waals surface area contributed by atoms with Crippen LogP contribution in [0.15, 0.2) is 53.7 Å². The Hall–Kier alpha value is -2.53. The molecule has 1 aliphatic rings. The second-order valence-corrected chi connectivity index (χ2v) is 6.62. The van der Waals surface area contributed by atoms with Crippen LogP contribution in [0.5, 0.6) is 0 Å². The molecule has 0 aliphatic carbocycles. The molecule has 0 amide bonds. The van der Waals surface area contributed by atoms with Gasteiger partial charge in [0.25, 0.3) is 0 Å². The van der Waals surface area contributed by atoms with Crippen LogP contribution in [-0.4, -0.2) is 15.7 Å². The third-order valence-electron chi connectivity index (χ3n) is 3.84. The van der Waals surface area contributed by atoms with E-state index in [1.165, 1.54) is 6.33 Å². The van der Waals surface area contributed by atoms with Crippen molar-refractivity contribution in [1.29, 1.82) is 0 Å². The topological polar surface area (TPSA) is 77.8 Å². The second kappa shape index (κ2) is 6.93. The number of hydrogen-bond acceptors (Lipinski definition) is 5. The third-order valence-corrected chi connectivity index (χ3v) is 4.98. The molecule has 3 rings (SSSR count). The quantitative estimate of drug-likeness (QED) is 0.652. The lowest BCUT2D eigenvalue weighted by atomic mass is 10.0. The number of benzene rings is 1. The summed E-state index contributed by atoms with van der Waals surface area (Å²) >= 11 is 1.68. The number of rotatable bonds is 3. The van der Waals surface area contributed by atoms with Crippen molar-refractivity contribution in [3.05, 3.63) is 65.7 Å². The first-order valence-electron chi connectivity index (χ1n) is 7.74.